The van der Waals surface area contributed by atoms with Gasteiger partial charge >= 0.3 is 12.1 Å². The van der Waals surface area contributed by atoms with Gasteiger partial charge in [0.05, 0.1) is 13.2 Å². The summed E-state index contributed by atoms with van der Waals surface area (Å²) >= 11 is 12.3. The maximum Gasteiger partial charge on any atom is 0.408 e. The van der Waals surface area contributed by atoms with Crippen LogP contribution in [0.4, 0.5) is 10.5 Å². The number of alkyl carbamates (subject to hydrolysis) is 1. The van der Waals surface area contributed by atoms with E-state index in [0.29, 0.717) is 21.3 Å². The van der Waals surface area contributed by atoms with E-state index in [9.17, 15) is 9.59 Å². The van der Waals surface area contributed by atoms with Gasteiger partial charge in [-0.1, -0.05) is 23.2 Å². The van der Waals surface area contributed by atoms with Gasteiger partial charge in [-0.2, -0.15) is 0 Å². The van der Waals surface area contributed by atoms with E-state index in [4.69, 9.17) is 32.7 Å². The van der Waals surface area contributed by atoms with E-state index in [0.717, 1.165) is 0 Å². The molecule has 24 heavy (non-hydrogen) atoms. The van der Waals surface area contributed by atoms with Gasteiger partial charge in [0, 0.05) is 27.7 Å². The molecule has 1 aliphatic rings. The zero-order valence-corrected chi connectivity index (χ0v) is 15.4. The van der Waals surface area contributed by atoms with Crippen LogP contribution in [0.2, 0.25) is 10.0 Å². The molecule has 0 bridgehead atoms. The van der Waals surface area contributed by atoms with E-state index in [1.807, 2.05) is 0 Å². The van der Waals surface area contributed by atoms with Crippen molar-refractivity contribution in [2.24, 2.45) is 0 Å². The number of hydrogen-bond donors (Lipinski definition) is 2. The van der Waals surface area contributed by atoms with Gasteiger partial charge in [0.2, 0.25) is 0 Å². The molecular weight excluding hydrogens is 355 g/mol. The van der Waals surface area contributed by atoms with Crippen LogP contribution in [0.3, 0.4) is 0 Å². The Morgan fingerprint density at radius 3 is 2.54 bits per heavy atom. The molecule has 2 rings (SSSR count). The summed E-state index contributed by atoms with van der Waals surface area (Å²) in [7, 11) is 1.31. The summed E-state index contributed by atoms with van der Waals surface area (Å²) in [5.41, 5.74) is 0.605. The first-order chi connectivity index (χ1) is 11.1. The van der Waals surface area contributed by atoms with E-state index < -0.39 is 29.7 Å². The number of esters is 1. The van der Waals surface area contributed by atoms with Crippen molar-refractivity contribution in [3.63, 3.8) is 0 Å². The fourth-order valence-electron chi connectivity index (χ4n) is 2.54. The standard InChI is InChI=1S/C16H20Cl2N2O4/c1-16(2,3)24-15(22)20-11-7-12(14(21)23-4)19-10-6-8(17)5-9(18)13(10)11/h5-6,11-12,19H,7H2,1-4H3,(H,20,22)/t11-,12-/m1/s1. The second-order valence-corrected chi connectivity index (χ2v) is 7.35. The highest BCUT2D eigenvalue weighted by Gasteiger charge is 2.35. The molecule has 1 heterocycles. The highest BCUT2D eigenvalue weighted by atomic mass is 35.5. The molecule has 132 valence electrons. The minimum Gasteiger partial charge on any atom is -0.467 e. The van der Waals surface area contributed by atoms with Crippen molar-refractivity contribution in [1.82, 2.24) is 5.32 Å². The molecule has 1 aliphatic heterocycles. The highest BCUT2D eigenvalue weighted by molar-refractivity contribution is 6.35. The first-order valence-electron chi connectivity index (χ1n) is 7.43. The predicted octanol–water partition coefficient (Wildman–Crippen LogP) is 3.92. The molecule has 2 N–H and O–H groups in total. The quantitative estimate of drug-likeness (QED) is 0.767. The van der Waals surface area contributed by atoms with Gasteiger partial charge in [-0.05, 0) is 32.9 Å². The number of anilines is 1. The molecule has 0 fully saturated rings. The van der Waals surface area contributed by atoms with Crippen molar-refractivity contribution in [3.8, 4) is 0 Å². The number of carbonyl (C=O) groups excluding carboxylic acids is 2. The zero-order chi connectivity index (χ0) is 18.1. The topological polar surface area (TPSA) is 76.7 Å². The summed E-state index contributed by atoms with van der Waals surface area (Å²) < 4.78 is 10.1. The monoisotopic (exact) mass is 374 g/mol. The average molecular weight is 375 g/mol. The van der Waals surface area contributed by atoms with Gasteiger partial charge in [-0.15, -0.1) is 0 Å². The Bertz CT molecular complexity index is 658. The Balaban J connectivity index is 2.32. The number of carbonyl (C=O) groups is 2. The lowest BCUT2D eigenvalue weighted by Crippen LogP contribution is -2.43. The van der Waals surface area contributed by atoms with Gasteiger partial charge in [-0.3, -0.25) is 0 Å². The number of fused-ring (bicyclic) bond motifs is 1. The number of methoxy groups -OCH3 is 1. The minimum atomic E-state index is -0.634. The molecule has 6 nitrogen and oxygen atoms in total. The number of rotatable bonds is 2. The minimum absolute atomic E-state index is 0.278. The van der Waals surface area contributed by atoms with Crippen LogP contribution >= 0.6 is 23.2 Å². The number of amides is 1. The Morgan fingerprint density at radius 2 is 1.96 bits per heavy atom. The molecule has 0 radical (unpaired) electrons. The molecule has 0 saturated carbocycles. The van der Waals surface area contributed by atoms with Crippen molar-refractivity contribution >= 4 is 41.0 Å². The van der Waals surface area contributed by atoms with Crippen LogP contribution in [-0.4, -0.2) is 30.8 Å². The van der Waals surface area contributed by atoms with E-state index in [1.165, 1.54) is 7.11 Å². The lowest BCUT2D eigenvalue weighted by Gasteiger charge is -2.33. The largest absolute Gasteiger partial charge is 0.467 e. The fraction of sp³-hybridized carbons (Fsp3) is 0.500. The average Bonchev–Trinajstić information content (AvgIpc) is 2.42. The third-order valence-electron chi connectivity index (χ3n) is 3.42. The SMILES string of the molecule is COC(=O)[C@H]1C[C@@H](NC(=O)OC(C)(C)C)c2c(Cl)cc(Cl)cc2N1. The molecule has 0 saturated heterocycles. The molecule has 0 aromatic heterocycles. The highest BCUT2D eigenvalue weighted by Crippen LogP contribution is 2.40. The predicted molar refractivity (Wildman–Crippen MR) is 92.6 cm³/mol. The van der Waals surface area contributed by atoms with E-state index in [2.05, 4.69) is 10.6 Å². The number of ether oxygens (including phenoxy) is 2. The zero-order valence-electron chi connectivity index (χ0n) is 13.9. The Labute approximate surface area is 150 Å². The number of benzene rings is 1. The van der Waals surface area contributed by atoms with Crippen molar-refractivity contribution in [3.05, 3.63) is 27.7 Å². The summed E-state index contributed by atoms with van der Waals surface area (Å²) in [6.45, 7) is 5.31. The lowest BCUT2D eigenvalue weighted by atomic mass is 9.93. The van der Waals surface area contributed by atoms with Crippen LogP contribution in [0.25, 0.3) is 0 Å². The summed E-state index contributed by atoms with van der Waals surface area (Å²) in [6.07, 6.45) is -0.310. The normalized spacial score (nSPS) is 19.8. The van der Waals surface area contributed by atoms with Gasteiger partial charge in [0.25, 0.3) is 0 Å². The maximum atomic E-state index is 12.1. The smallest absolute Gasteiger partial charge is 0.408 e. The van der Waals surface area contributed by atoms with Crippen molar-refractivity contribution in [2.45, 2.75) is 44.9 Å². The fourth-order valence-corrected chi connectivity index (χ4v) is 3.16. The Kier molecular flexibility index (Phi) is 5.50. The molecule has 1 amide bonds. The number of hydrogen-bond acceptors (Lipinski definition) is 5. The van der Waals surface area contributed by atoms with Gasteiger partial charge in [0.1, 0.15) is 11.6 Å². The third-order valence-corrected chi connectivity index (χ3v) is 3.95. The summed E-state index contributed by atoms with van der Waals surface area (Å²) in [5, 5.41) is 6.63. The van der Waals surface area contributed by atoms with Crippen molar-refractivity contribution < 1.29 is 19.1 Å². The lowest BCUT2D eigenvalue weighted by molar-refractivity contribution is -0.141. The van der Waals surface area contributed by atoms with Gasteiger partial charge in [0.15, 0.2) is 0 Å². The molecule has 0 unspecified atom stereocenters. The first kappa shape index (κ1) is 18.7. The van der Waals surface area contributed by atoms with Crippen LogP contribution < -0.4 is 10.6 Å². The molecule has 8 heteroatoms. The van der Waals surface area contributed by atoms with Crippen LogP contribution in [0.15, 0.2) is 12.1 Å². The molecular formula is C16H20Cl2N2O4. The van der Waals surface area contributed by atoms with Crippen molar-refractivity contribution in [2.75, 3.05) is 12.4 Å². The van der Waals surface area contributed by atoms with Gasteiger partial charge < -0.3 is 20.1 Å². The second kappa shape index (κ2) is 7.07. The number of nitrogens with one attached hydrogen (secondary N) is 2. The Morgan fingerprint density at radius 1 is 1.29 bits per heavy atom. The van der Waals surface area contributed by atoms with Crippen LogP contribution in [-0.2, 0) is 14.3 Å². The van der Waals surface area contributed by atoms with E-state index in [1.54, 1.807) is 32.9 Å². The molecule has 1 aromatic rings. The van der Waals surface area contributed by atoms with Crippen molar-refractivity contribution in [1.29, 1.82) is 0 Å². The Hall–Kier alpha value is -1.66. The molecule has 1 aromatic carbocycles. The summed E-state index contributed by atoms with van der Waals surface area (Å²) in [6, 6.07) is 2.11. The number of halogens is 2. The molecule has 2 atom stereocenters. The van der Waals surface area contributed by atoms with E-state index >= 15 is 0 Å². The summed E-state index contributed by atoms with van der Waals surface area (Å²) in [5.74, 6) is -0.437. The van der Waals surface area contributed by atoms with Crippen LogP contribution in [0, 0.1) is 0 Å². The second-order valence-electron chi connectivity index (χ2n) is 6.50. The van der Waals surface area contributed by atoms with Gasteiger partial charge in [-0.25, -0.2) is 9.59 Å². The van der Waals surface area contributed by atoms with E-state index in [-0.39, 0.29) is 6.42 Å². The molecule has 0 spiro atoms. The van der Waals surface area contributed by atoms with Crippen LogP contribution in [0.1, 0.15) is 38.8 Å². The maximum absolute atomic E-state index is 12.1. The summed E-state index contributed by atoms with van der Waals surface area (Å²) in [4.78, 5) is 24.0. The molecule has 0 aliphatic carbocycles. The third kappa shape index (κ3) is 4.45. The first-order valence-corrected chi connectivity index (χ1v) is 8.19. The van der Waals surface area contributed by atoms with Crippen LogP contribution in [0.5, 0.6) is 0 Å².